The average molecular weight is 420 g/mol. The maximum absolute atomic E-state index is 12.9. The van der Waals surface area contributed by atoms with Crippen LogP contribution in [0.5, 0.6) is 11.5 Å². The second-order valence-electron chi connectivity index (χ2n) is 5.89. The van der Waals surface area contributed by atoms with E-state index in [-0.39, 0.29) is 18.0 Å². The summed E-state index contributed by atoms with van der Waals surface area (Å²) in [5, 5.41) is 3.85. The summed E-state index contributed by atoms with van der Waals surface area (Å²) < 4.78 is 11.9. The van der Waals surface area contributed by atoms with Crippen molar-refractivity contribution in [2.24, 2.45) is 0 Å². The van der Waals surface area contributed by atoms with Gasteiger partial charge in [0.15, 0.2) is 5.16 Å². The Morgan fingerprint density at radius 1 is 1.29 bits per heavy atom. The van der Waals surface area contributed by atoms with Crippen LogP contribution in [0.2, 0.25) is 0 Å². The lowest BCUT2D eigenvalue weighted by Crippen LogP contribution is -2.29. The highest BCUT2D eigenvalue weighted by atomic mass is 32.2. The first-order chi connectivity index (χ1) is 13.5. The number of aromatic nitrogens is 2. The predicted octanol–water partition coefficient (Wildman–Crippen LogP) is 3.40. The van der Waals surface area contributed by atoms with Gasteiger partial charge in [0.2, 0.25) is 5.91 Å². The Balaban J connectivity index is 1.91. The molecule has 2 aromatic heterocycles. The Kier molecular flexibility index (Phi) is 6.25. The van der Waals surface area contributed by atoms with E-state index in [2.05, 4.69) is 10.3 Å². The number of hydrogen-bond donors (Lipinski definition) is 1. The number of amides is 1. The normalized spacial score (nSPS) is 10.9. The standard InChI is InChI=1S/C19H21N3O4S2/c1-5-12-9-13-17(28-12)21-19(27-4)22(18(13)24)10-16(23)20-14-7-6-11(25-2)8-15(14)26-3/h6-9H,5,10H2,1-4H3,(H,20,23). The van der Waals surface area contributed by atoms with Crippen molar-refractivity contribution in [3.63, 3.8) is 0 Å². The monoisotopic (exact) mass is 419 g/mol. The van der Waals surface area contributed by atoms with E-state index in [1.54, 1.807) is 25.3 Å². The van der Waals surface area contributed by atoms with Gasteiger partial charge in [0.25, 0.3) is 5.56 Å². The van der Waals surface area contributed by atoms with E-state index in [9.17, 15) is 9.59 Å². The number of ether oxygens (including phenoxy) is 2. The van der Waals surface area contributed by atoms with Crippen molar-refractivity contribution in [2.45, 2.75) is 25.0 Å². The summed E-state index contributed by atoms with van der Waals surface area (Å²) >= 11 is 2.85. The lowest BCUT2D eigenvalue weighted by atomic mass is 10.2. The zero-order valence-corrected chi connectivity index (χ0v) is 17.7. The third-order valence-corrected chi connectivity index (χ3v) is 6.03. The van der Waals surface area contributed by atoms with Crippen molar-refractivity contribution in [2.75, 3.05) is 25.8 Å². The number of thiophene rings is 1. The van der Waals surface area contributed by atoms with Gasteiger partial charge >= 0.3 is 0 Å². The van der Waals surface area contributed by atoms with Crippen LogP contribution in [0.3, 0.4) is 0 Å². The van der Waals surface area contributed by atoms with E-state index in [1.807, 2.05) is 19.2 Å². The highest BCUT2D eigenvalue weighted by molar-refractivity contribution is 7.98. The molecule has 0 aliphatic carbocycles. The van der Waals surface area contributed by atoms with Gasteiger partial charge in [0.05, 0.1) is 25.3 Å². The summed E-state index contributed by atoms with van der Waals surface area (Å²) in [6.45, 7) is 1.90. The molecule has 1 N–H and O–H groups in total. The van der Waals surface area contributed by atoms with Gasteiger partial charge in [-0.1, -0.05) is 18.7 Å². The number of methoxy groups -OCH3 is 2. The van der Waals surface area contributed by atoms with Crippen molar-refractivity contribution >= 4 is 44.9 Å². The minimum Gasteiger partial charge on any atom is -0.497 e. The zero-order valence-electron chi connectivity index (χ0n) is 16.1. The molecule has 0 spiro atoms. The van der Waals surface area contributed by atoms with Crippen molar-refractivity contribution in [1.29, 1.82) is 0 Å². The van der Waals surface area contributed by atoms with Crippen LogP contribution in [0.4, 0.5) is 5.69 Å². The minimum atomic E-state index is -0.340. The molecule has 3 aromatic rings. The summed E-state index contributed by atoms with van der Waals surface area (Å²) in [5.74, 6) is 0.756. The molecule has 1 aromatic carbocycles. The molecule has 0 aliphatic rings. The number of carbonyl (C=O) groups is 1. The van der Waals surface area contributed by atoms with Crippen LogP contribution in [0.25, 0.3) is 10.2 Å². The molecule has 0 unspecified atom stereocenters. The molecule has 0 saturated heterocycles. The number of carbonyl (C=O) groups excluding carboxylic acids is 1. The maximum atomic E-state index is 12.9. The van der Waals surface area contributed by atoms with E-state index in [1.165, 1.54) is 34.8 Å². The number of aryl methyl sites for hydroxylation is 1. The molecule has 0 atom stereocenters. The van der Waals surface area contributed by atoms with Crippen molar-refractivity contribution in [3.05, 3.63) is 39.5 Å². The Labute approximate surface area is 170 Å². The second-order valence-corrected chi connectivity index (χ2v) is 7.78. The van der Waals surface area contributed by atoms with Gasteiger partial charge in [0.1, 0.15) is 22.9 Å². The lowest BCUT2D eigenvalue weighted by Gasteiger charge is -2.13. The number of nitrogens with zero attached hydrogens (tertiary/aromatic N) is 2. The fourth-order valence-electron chi connectivity index (χ4n) is 2.75. The summed E-state index contributed by atoms with van der Waals surface area (Å²) in [4.78, 5) is 31.9. The first-order valence-corrected chi connectivity index (χ1v) is 10.6. The van der Waals surface area contributed by atoms with Gasteiger partial charge in [0, 0.05) is 10.9 Å². The molecule has 0 aliphatic heterocycles. The van der Waals surface area contributed by atoms with Crippen LogP contribution in [-0.2, 0) is 17.8 Å². The quantitative estimate of drug-likeness (QED) is 0.467. The van der Waals surface area contributed by atoms with Gasteiger partial charge in [-0.2, -0.15) is 0 Å². The molecule has 0 saturated carbocycles. The highest BCUT2D eigenvalue weighted by Gasteiger charge is 2.17. The van der Waals surface area contributed by atoms with Crippen LogP contribution < -0.4 is 20.3 Å². The molecule has 2 heterocycles. The maximum Gasteiger partial charge on any atom is 0.263 e. The molecule has 28 heavy (non-hydrogen) atoms. The Bertz CT molecular complexity index is 1070. The fraction of sp³-hybridized carbons (Fsp3) is 0.316. The van der Waals surface area contributed by atoms with Gasteiger partial charge in [-0.15, -0.1) is 11.3 Å². The Hall–Kier alpha value is -2.52. The average Bonchev–Trinajstić information content (AvgIpc) is 3.13. The number of benzene rings is 1. The lowest BCUT2D eigenvalue weighted by molar-refractivity contribution is -0.116. The smallest absolute Gasteiger partial charge is 0.263 e. The van der Waals surface area contributed by atoms with E-state index < -0.39 is 0 Å². The number of rotatable bonds is 7. The van der Waals surface area contributed by atoms with Crippen LogP contribution >= 0.6 is 23.1 Å². The predicted molar refractivity (Wildman–Crippen MR) is 113 cm³/mol. The molecule has 9 heteroatoms. The van der Waals surface area contributed by atoms with Crippen LogP contribution in [0.15, 0.2) is 34.2 Å². The van der Waals surface area contributed by atoms with Gasteiger partial charge in [-0.05, 0) is 30.9 Å². The topological polar surface area (TPSA) is 82.5 Å². The summed E-state index contributed by atoms with van der Waals surface area (Å²) in [6.07, 6.45) is 2.68. The number of anilines is 1. The van der Waals surface area contributed by atoms with Crippen molar-refractivity contribution < 1.29 is 14.3 Å². The summed E-state index contributed by atoms with van der Waals surface area (Å²) in [5.41, 5.74) is 0.298. The minimum absolute atomic E-state index is 0.134. The van der Waals surface area contributed by atoms with E-state index in [0.717, 1.165) is 11.3 Å². The van der Waals surface area contributed by atoms with Crippen LogP contribution in [0.1, 0.15) is 11.8 Å². The van der Waals surface area contributed by atoms with Crippen LogP contribution in [-0.4, -0.2) is 35.9 Å². The van der Waals surface area contributed by atoms with E-state index >= 15 is 0 Å². The molecule has 0 fully saturated rings. The van der Waals surface area contributed by atoms with Gasteiger partial charge < -0.3 is 14.8 Å². The van der Waals surface area contributed by atoms with Crippen molar-refractivity contribution in [3.8, 4) is 11.5 Å². The molecular formula is C19H21N3O4S2. The van der Waals surface area contributed by atoms with E-state index in [0.29, 0.717) is 32.6 Å². The third-order valence-electron chi connectivity index (χ3n) is 4.18. The van der Waals surface area contributed by atoms with E-state index in [4.69, 9.17) is 9.47 Å². The number of fused-ring (bicyclic) bond motifs is 1. The zero-order chi connectivity index (χ0) is 20.3. The Morgan fingerprint density at radius 3 is 2.71 bits per heavy atom. The number of hydrogen-bond acceptors (Lipinski definition) is 7. The van der Waals surface area contributed by atoms with Gasteiger partial charge in [-0.25, -0.2) is 4.98 Å². The third kappa shape index (κ3) is 4.00. The first kappa shape index (κ1) is 20.2. The number of thioether (sulfide) groups is 1. The molecule has 148 valence electrons. The summed E-state index contributed by atoms with van der Waals surface area (Å²) in [6, 6.07) is 6.96. The van der Waals surface area contributed by atoms with Crippen LogP contribution in [0, 0.1) is 0 Å². The first-order valence-electron chi connectivity index (χ1n) is 8.59. The highest BCUT2D eigenvalue weighted by Crippen LogP contribution is 2.29. The number of nitrogens with one attached hydrogen (secondary N) is 1. The molecule has 1 amide bonds. The molecule has 3 rings (SSSR count). The molecule has 0 bridgehead atoms. The molecule has 7 nitrogen and oxygen atoms in total. The fourth-order valence-corrected chi connectivity index (χ4v) is 4.32. The molecular weight excluding hydrogens is 398 g/mol. The SMILES string of the molecule is CCc1cc2c(=O)n(CC(=O)Nc3ccc(OC)cc3OC)c(SC)nc2s1. The van der Waals surface area contributed by atoms with Crippen molar-refractivity contribution in [1.82, 2.24) is 9.55 Å². The second kappa shape index (κ2) is 8.66. The molecule has 0 radical (unpaired) electrons. The Morgan fingerprint density at radius 2 is 2.07 bits per heavy atom. The van der Waals surface area contributed by atoms with Gasteiger partial charge in [-0.3, -0.25) is 14.2 Å². The summed E-state index contributed by atoms with van der Waals surface area (Å²) in [7, 11) is 3.07. The largest absolute Gasteiger partial charge is 0.497 e.